The zero-order valence-electron chi connectivity index (χ0n) is 7.94. The van der Waals surface area contributed by atoms with Gasteiger partial charge in [0, 0.05) is 23.8 Å². The lowest BCUT2D eigenvalue weighted by atomic mass is 10.2. The zero-order chi connectivity index (χ0) is 10.7. The van der Waals surface area contributed by atoms with Crippen LogP contribution in [0.15, 0.2) is 47.2 Å². The van der Waals surface area contributed by atoms with Gasteiger partial charge in [-0.05, 0) is 40.2 Å². The minimum Gasteiger partial charge on any atom is -0.399 e. The number of nitrogen functional groups attached to an aromatic ring is 1. The van der Waals surface area contributed by atoms with E-state index in [4.69, 9.17) is 5.73 Å². The third-order valence-corrected chi connectivity index (χ3v) is 2.57. The molecular weight excluding hydrogens is 254 g/mol. The van der Waals surface area contributed by atoms with Crippen LogP contribution >= 0.6 is 15.9 Å². The maximum atomic E-state index is 5.69. The molecule has 0 aliphatic heterocycles. The molecule has 4 heteroatoms. The molecule has 0 saturated carbocycles. The van der Waals surface area contributed by atoms with E-state index in [2.05, 4.69) is 26.2 Å². The lowest BCUT2D eigenvalue weighted by molar-refractivity contribution is 1.30. The van der Waals surface area contributed by atoms with Gasteiger partial charge in [-0.1, -0.05) is 6.07 Å². The summed E-state index contributed by atoms with van der Waals surface area (Å²) >= 11 is 3.42. The van der Waals surface area contributed by atoms with Crippen molar-refractivity contribution in [2.75, 3.05) is 11.1 Å². The Kier molecular flexibility index (Phi) is 2.87. The number of halogens is 1. The molecule has 1 heterocycles. The Bertz CT molecular complexity index is 471. The topological polar surface area (TPSA) is 50.9 Å². The molecule has 3 nitrogen and oxygen atoms in total. The molecule has 0 radical (unpaired) electrons. The van der Waals surface area contributed by atoms with Gasteiger partial charge in [-0.2, -0.15) is 0 Å². The van der Waals surface area contributed by atoms with Crippen molar-refractivity contribution in [2.45, 2.75) is 0 Å². The van der Waals surface area contributed by atoms with Crippen LogP contribution in [0.2, 0.25) is 0 Å². The number of rotatable bonds is 2. The van der Waals surface area contributed by atoms with Crippen LogP contribution in [0.5, 0.6) is 0 Å². The molecule has 76 valence electrons. The highest BCUT2D eigenvalue weighted by Gasteiger charge is 1.99. The number of hydrogen-bond donors (Lipinski definition) is 2. The summed E-state index contributed by atoms with van der Waals surface area (Å²) in [6.45, 7) is 0. The number of pyridine rings is 1. The minimum absolute atomic E-state index is 0.741. The quantitative estimate of drug-likeness (QED) is 0.819. The summed E-state index contributed by atoms with van der Waals surface area (Å²) in [6, 6.07) is 9.50. The van der Waals surface area contributed by atoms with Crippen LogP contribution in [-0.4, -0.2) is 4.98 Å². The molecule has 2 aromatic rings. The van der Waals surface area contributed by atoms with Gasteiger partial charge in [0.25, 0.3) is 0 Å². The second-order valence-corrected chi connectivity index (χ2v) is 3.96. The van der Waals surface area contributed by atoms with Gasteiger partial charge in [-0.15, -0.1) is 0 Å². The predicted octanol–water partition coefficient (Wildman–Crippen LogP) is 3.17. The maximum Gasteiger partial charge on any atom is 0.0593 e. The Labute approximate surface area is 96.5 Å². The third kappa shape index (κ3) is 2.47. The van der Waals surface area contributed by atoms with Gasteiger partial charge < -0.3 is 11.1 Å². The number of anilines is 3. The summed E-state index contributed by atoms with van der Waals surface area (Å²) in [4.78, 5) is 3.99. The van der Waals surface area contributed by atoms with Crippen LogP contribution in [0.25, 0.3) is 0 Å². The SMILES string of the molecule is Nc1cccc(Nc2ccncc2Br)c1. The fraction of sp³-hybridized carbons (Fsp3) is 0. The van der Waals surface area contributed by atoms with E-state index in [1.54, 1.807) is 12.4 Å². The van der Waals surface area contributed by atoms with E-state index in [1.807, 2.05) is 30.3 Å². The Hall–Kier alpha value is -1.55. The molecule has 3 N–H and O–H groups in total. The number of nitrogens with one attached hydrogen (secondary N) is 1. The highest BCUT2D eigenvalue weighted by molar-refractivity contribution is 9.10. The molecule has 0 amide bonds. The van der Waals surface area contributed by atoms with Crippen LogP contribution < -0.4 is 11.1 Å². The molecular formula is C11H10BrN3. The number of benzene rings is 1. The number of nitrogens with two attached hydrogens (primary N) is 1. The highest BCUT2D eigenvalue weighted by Crippen LogP contribution is 2.24. The molecule has 0 fully saturated rings. The van der Waals surface area contributed by atoms with Gasteiger partial charge in [-0.3, -0.25) is 4.98 Å². The average Bonchev–Trinajstić information content (AvgIpc) is 2.22. The molecule has 1 aromatic carbocycles. The third-order valence-electron chi connectivity index (χ3n) is 1.94. The van der Waals surface area contributed by atoms with Gasteiger partial charge >= 0.3 is 0 Å². The number of nitrogens with zero attached hydrogens (tertiary/aromatic N) is 1. The van der Waals surface area contributed by atoms with Crippen molar-refractivity contribution >= 4 is 33.0 Å². The van der Waals surface area contributed by atoms with Crippen LogP contribution in [0.4, 0.5) is 17.1 Å². The predicted molar refractivity (Wildman–Crippen MR) is 66.1 cm³/mol. The Morgan fingerprint density at radius 3 is 2.87 bits per heavy atom. The first-order chi connectivity index (χ1) is 7.25. The van der Waals surface area contributed by atoms with Gasteiger partial charge in [0.2, 0.25) is 0 Å². The molecule has 0 unspecified atom stereocenters. The standard InChI is InChI=1S/C11H10BrN3/c12-10-7-14-5-4-11(10)15-9-3-1-2-8(13)6-9/h1-7H,13H2,(H,14,15). The lowest BCUT2D eigenvalue weighted by Crippen LogP contribution is -1.93. The van der Waals surface area contributed by atoms with Gasteiger partial charge in [0.15, 0.2) is 0 Å². The first kappa shape index (κ1) is 9.98. The van der Waals surface area contributed by atoms with Crippen molar-refractivity contribution in [1.82, 2.24) is 4.98 Å². The molecule has 1 aromatic heterocycles. The number of aromatic nitrogens is 1. The second-order valence-electron chi connectivity index (χ2n) is 3.11. The van der Waals surface area contributed by atoms with E-state index in [-0.39, 0.29) is 0 Å². The Balaban J connectivity index is 2.26. The van der Waals surface area contributed by atoms with E-state index in [0.717, 1.165) is 21.5 Å². The zero-order valence-corrected chi connectivity index (χ0v) is 9.53. The van der Waals surface area contributed by atoms with Crippen LogP contribution in [0.1, 0.15) is 0 Å². The molecule has 0 aliphatic carbocycles. The first-order valence-electron chi connectivity index (χ1n) is 4.48. The summed E-state index contributed by atoms with van der Waals surface area (Å²) in [5, 5.41) is 3.25. The van der Waals surface area contributed by atoms with Crippen molar-refractivity contribution in [3.05, 3.63) is 47.2 Å². The van der Waals surface area contributed by atoms with Gasteiger partial charge in [0.1, 0.15) is 0 Å². The summed E-state index contributed by atoms with van der Waals surface area (Å²) < 4.78 is 0.924. The van der Waals surface area contributed by atoms with E-state index < -0.39 is 0 Å². The molecule has 0 bridgehead atoms. The summed E-state index contributed by atoms with van der Waals surface area (Å²) in [5.41, 5.74) is 8.36. The van der Waals surface area contributed by atoms with Crippen LogP contribution in [-0.2, 0) is 0 Å². The van der Waals surface area contributed by atoms with Gasteiger partial charge in [0.05, 0.1) is 10.2 Å². The van der Waals surface area contributed by atoms with Crippen molar-refractivity contribution in [3.63, 3.8) is 0 Å². The van der Waals surface area contributed by atoms with Crippen LogP contribution in [0.3, 0.4) is 0 Å². The maximum absolute atomic E-state index is 5.69. The summed E-state index contributed by atoms with van der Waals surface area (Å²) in [6.07, 6.45) is 3.48. The number of hydrogen-bond acceptors (Lipinski definition) is 3. The van der Waals surface area contributed by atoms with Crippen LogP contribution in [0, 0.1) is 0 Å². The molecule has 15 heavy (non-hydrogen) atoms. The largest absolute Gasteiger partial charge is 0.399 e. The van der Waals surface area contributed by atoms with Crippen molar-refractivity contribution in [1.29, 1.82) is 0 Å². The molecule has 0 aliphatic rings. The molecule has 0 spiro atoms. The van der Waals surface area contributed by atoms with Crippen molar-refractivity contribution < 1.29 is 0 Å². The monoisotopic (exact) mass is 263 g/mol. The summed E-state index contributed by atoms with van der Waals surface area (Å²) in [7, 11) is 0. The highest BCUT2D eigenvalue weighted by atomic mass is 79.9. The van der Waals surface area contributed by atoms with E-state index in [1.165, 1.54) is 0 Å². The molecule has 0 atom stereocenters. The van der Waals surface area contributed by atoms with Crippen molar-refractivity contribution in [3.8, 4) is 0 Å². The Morgan fingerprint density at radius 2 is 2.13 bits per heavy atom. The second kappa shape index (κ2) is 4.31. The minimum atomic E-state index is 0.741. The molecule has 2 rings (SSSR count). The first-order valence-corrected chi connectivity index (χ1v) is 5.27. The van der Waals surface area contributed by atoms with E-state index in [9.17, 15) is 0 Å². The van der Waals surface area contributed by atoms with Crippen molar-refractivity contribution in [2.24, 2.45) is 0 Å². The molecule has 0 saturated heterocycles. The smallest absolute Gasteiger partial charge is 0.0593 e. The average molecular weight is 264 g/mol. The van der Waals surface area contributed by atoms with E-state index in [0.29, 0.717) is 0 Å². The fourth-order valence-corrected chi connectivity index (χ4v) is 1.60. The lowest BCUT2D eigenvalue weighted by Gasteiger charge is -2.08. The van der Waals surface area contributed by atoms with Gasteiger partial charge in [-0.25, -0.2) is 0 Å². The van der Waals surface area contributed by atoms with E-state index >= 15 is 0 Å². The normalized spacial score (nSPS) is 9.93. The Morgan fingerprint density at radius 1 is 1.27 bits per heavy atom. The summed E-state index contributed by atoms with van der Waals surface area (Å²) in [5.74, 6) is 0. The fourth-order valence-electron chi connectivity index (χ4n) is 1.25.